The molecule has 0 atom stereocenters. The number of aryl methyl sites for hydroxylation is 1. The molecule has 0 saturated carbocycles. The van der Waals surface area contributed by atoms with Crippen molar-refractivity contribution in [2.24, 2.45) is 0 Å². The second-order valence-corrected chi connectivity index (χ2v) is 6.25. The van der Waals surface area contributed by atoms with Gasteiger partial charge in [-0.3, -0.25) is 0 Å². The van der Waals surface area contributed by atoms with Gasteiger partial charge in [0.15, 0.2) is 0 Å². The van der Waals surface area contributed by atoms with Crippen LogP contribution in [0.1, 0.15) is 10.4 Å². The van der Waals surface area contributed by atoms with Crippen molar-refractivity contribution in [3.8, 4) is 0 Å². The van der Waals surface area contributed by atoms with Crippen LogP contribution in [0, 0.1) is 12.7 Å². The Bertz CT molecular complexity index is 522. The van der Waals surface area contributed by atoms with Crippen molar-refractivity contribution in [2.45, 2.75) is 13.5 Å². The molecule has 0 aliphatic rings. The van der Waals surface area contributed by atoms with Gasteiger partial charge in [-0.05, 0) is 46.6 Å². The van der Waals surface area contributed by atoms with Gasteiger partial charge in [0, 0.05) is 21.6 Å². The first kappa shape index (κ1) is 12.9. The lowest BCUT2D eigenvalue weighted by Gasteiger charge is -2.05. The lowest BCUT2D eigenvalue weighted by atomic mass is 10.2. The molecule has 0 spiro atoms. The first-order chi connectivity index (χ1) is 8.06. The number of hydrogen-bond donors (Lipinski definition) is 1. The zero-order valence-electron chi connectivity index (χ0n) is 9.06. The van der Waals surface area contributed by atoms with Crippen LogP contribution in [0.4, 0.5) is 10.1 Å². The summed E-state index contributed by atoms with van der Waals surface area (Å²) in [6.45, 7) is 2.38. The molecule has 0 fully saturated rings. The van der Waals surface area contributed by atoms with E-state index in [0.29, 0.717) is 12.1 Å². The summed E-state index contributed by atoms with van der Waals surface area (Å²) in [5, 5.41) is 3.16. The molecule has 0 aliphatic carbocycles. The lowest BCUT2D eigenvalue weighted by molar-refractivity contribution is 0.619. The predicted molar refractivity (Wildman–Crippen MR) is 75.5 cm³/mol. The molecule has 1 heterocycles. The van der Waals surface area contributed by atoms with Gasteiger partial charge in [-0.15, -0.1) is 11.3 Å². The zero-order chi connectivity index (χ0) is 12.4. The fourth-order valence-corrected chi connectivity index (χ4v) is 3.10. The number of hydrogen-bond acceptors (Lipinski definition) is 2. The molecule has 90 valence electrons. The van der Waals surface area contributed by atoms with Gasteiger partial charge in [-0.1, -0.05) is 17.7 Å². The maximum atomic E-state index is 13.3. The molecule has 2 aromatic rings. The molecule has 0 saturated heterocycles. The Morgan fingerprint density at radius 2 is 2.18 bits per heavy atom. The Hall–Kier alpha value is -0.580. The molecule has 0 bridgehead atoms. The Morgan fingerprint density at radius 1 is 1.41 bits per heavy atom. The summed E-state index contributed by atoms with van der Waals surface area (Å²) in [4.78, 5) is 1.10. The fourth-order valence-electron chi connectivity index (χ4n) is 1.37. The molecule has 2 rings (SSSR count). The second-order valence-electron chi connectivity index (χ2n) is 3.65. The normalized spacial score (nSPS) is 10.6. The van der Waals surface area contributed by atoms with Crippen molar-refractivity contribution in [2.75, 3.05) is 5.32 Å². The average molecular weight is 335 g/mol. The monoisotopic (exact) mass is 333 g/mol. The molecule has 1 aromatic carbocycles. The third-order valence-electron chi connectivity index (χ3n) is 2.33. The highest BCUT2D eigenvalue weighted by Crippen LogP contribution is 2.32. The van der Waals surface area contributed by atoms with Crippen molar-refractivity contribution in [1.82, 2.24) is 0 Å². The number of anilines is 1. The Morgan fingerprint density at radius 3 is 2.76 bits per heavy atom. The van der Waals surface area contributed by atoms with Gasteiger partial charge in [0.25, 0.3) is 0 Å². The fraction of sp³-hybridized carbons (Fsp3) is 0.167. The van der Waals surface area contributed by atoms with E-state index in [1.807, 2.05) is 12.1 Å². The van der Waals surface area contributed by atoms with Gasteiger partial charge >= 0.3 is 0 Å². The van der Waals surface area contributed by atoms with Crippen LogP contribution in [0.25, 0.3) is 0 Å². The van der Waals surface area contributed by atoms with E-state index in [9.17, 15) is 4.39 Å². The molecule has 5 heteroatoms. The van der Waals surface area contributed by atoms with Crippen LogP contribution in [0.3, 0.4) is 0 Å². The van der Waals surface area contributed by atoms with Gasteiger partial charge in [-0.2, -0.15) is 0 Å². The van der Waals surface area contributed by atoms with E-state index in [1.165, 1.54) is 17.4 Å². The molecule has 17 heavy (non-hydrogen) atoms. The van der Waals surface area contributed by atoms with Crippen LogP contribution >= 0.6 is 38.9 Å². The van der Waals surface area contributed by atoms with Crippen LogP contribution in [0.5, 0.6) is 0 Å². The Labute approximate surface area is 117 Å². The van der Waals surface area contributed by atoms with Crippen molar-refractivity contribution in [3.63, 3.8) is 0 Å². The summed E-state index contributed by atoms with van der Waals surface area (Å²) in [5.74, 6) is -0.194. The highest BCUT2D eigenvalue weighted by Gasteiger charge is 2.05. The molecule has 1 aromatic heterocycles. The van der Waals surface area contributed by atoms with Crippen LogP contribution in [0.2, 0.25) is 4.34 Å². The SMILES string of the molecule is Cc1ccc(NCc2cc(Br)c(Cl)s2)cc1F. The van der Waals surface area contributed by atoms with Crippen LogP contribution in [0.15, 0.2) is 28.7 Å². The molecule has 1 N–H and O–H groups in total. The van der Waals surface area contributed by atoms with Crippen molar-refractivity contribution in [3.05, 3.63) is 49.3 Å². The Kier molecular flexibility index (Phi) is 4.07. The highest BCUT2D eigenvalue weighted by molar-refractivity contribution is 9.10. The summed E-state index contributed by atoms with van der Waals surface area (Å²) in [6, 6.07) is 7.09. The second kappa shape index (κ2) is 5.38. The lowest BCUT2D eigenvalue weighted by Crippen LogP contribution is -1.98. The predicted octanol–water partition coefficient (Wildman–Crippen LogP) is 5.22. The minimum absolute atomic E-state index is 0.194. The van der Waals surface area contributed by atoms with Crippen molar-refractivity contribution in [1.29, 1.82) is 0 Å². The third-order valence-corrected chi connectivity index (χ3v) is 4.81. The summed E-state index contributed by atoms with van der Waals surface area (Å²) in [5.41, 5.74) is 1.42. The van der Waals surface area contributed by atoms with Crippen LogP contribution < -0.4 is 5.32 Å². The van der Waals surface area contributed by atoms with E-state index >= 15 is 0 Å². The molecule has 1 nitrogen and oxygen atoms in total. The average Bonchev–Trinajstić information content (AvgIpc) is 2.60. The summed E-state index contributed by atoms with van der Waals surface area (Å²) in [6.07, 6.45) is 0. The van der Waals surface area contributed by atoms with Crippen LogP contribution in [-0.4, -0.2) is 0 Å². The number of nitrogens with one attached hydrogen (secondary N) is 1. The maximum Gasteiger partial charge on any atom is 0.128 e. The van der Waals surface area contributed by atoms with Gasteiger partial charge in [0.1, 0.15) is 10.2 Å². The number of thiophene rings is 1. The van der Waals surface area contributed by atoms with E-state index in [-0.39, 0.29) is 5.82 Å². The summed E-state index contributed by atoms with van der Waals surface area (Å²) in [7, 11) is 0. The topological polar surface area (TPSA) is 12.0 Å². The van der Waals surface area contributed by atoms with E-state index in [4.69, 9.17) is 11.6 Å². The standard InChI is InChI=1S/C12H10BrClFNS/c1-7-2-3-8(4-11(7)15)16-6-9-5-10(13)12(14)17-9/h2-5,16H,6H2,1H3. The molecule has 0 aliphatic heterocycles. The smallest absolute Gasteiger partial charge is 0.128 e. The zero-order valence-corrected chi connectivity index (χ0v) is 12.2. The van der Waals surface area contributed by atoms with Gasteiger partial charge < -0.3 is 5.32 Å². The van der Waals surface area contributed by atoms with Crippen LogP contribution in [-0.2, 0) is 6.54 Å². The van der Waals surface area contributed by atoms with E-state index < -0.39 is 0 Å². The largest absolute Gasteiger partial charge is 0.380 e. The number of benzene rings is 1. The molecule has 0 radical (unpaired) electrons. The van der Waals surface area contributed by atoms with Gasteiger partial charge in [-0.25, -0.2) is 4.39 Å². The summed E-state index contributed by atoms with van der Waals surface area (Å²) >= 11 is 10.8. The molecule has 0 amide bonds. The van der Waals surface area contributed by atoms with Gasteiger partial charge in [0.2, 0.25) is 0 Å². The number of halogens is 3. The number of rotatable bonds is 3. The minimum Gasteiger partial charge on any atom is -0.380 e. The minimum atomic E-state index is -0.194. The van der Waals surface area contributed by atoms with E-state index in [1.54, 1.807) is 13.0 Å². The van der Waals surface area contributed by atoms with E-state index in [2.05, 4.69) is 21.2 Å². The van der Waals surface area contributed by atoms with E-state index in [0.717, 1.165) is 19.4 Å². The highest BCUT2D eigenvalue weighted by atomic mass is 79.9. The third kappa shape index (κ3) is 3.21. The summed E-state index contributed by atoms with van der Waals surface area (Å²) < 4.78 is 14.9. The Balaban J connectivity index is 2.04. The maximum absolute atomic E-state index is 13.3. The molecular formula is C12H10BrClFNS. The van der Waals surface area contributed by atoms with Crippen molar-refractivity contribution >= 4 is 44.6 Å². The molecular weight excluding hydrogens is 325 g/mol. The first-order valence-electron chi connectivity index (χ1n) is 5.00. The molecule has 0 unspecified atom stereocenters. The quantitative estimate of drug-likeness (QED) is 0.811. The van der Waals surface area contributed by atoms with Crippen molar-refractivity contribution < 1.29 is 4.39 Å². The first-order valence-corrected chi connectivity index (χ1v) is 6.99. The van der Waals surface area contributed by atoms with Gasteiger partial charge in [0.05, 0.1) is 0 Å².